The van der Waals surface area contributed by atoms with E-state index < -0.39 is 0 Å². The van der Waals surface area contributed by atoms with Crippen molar-refractivity contribution in [2.75, 3.05) is 6.54 Å². The van der Waals surface area contributed by atoms with Crippen molar-refractivity contribution in [2.45, 2.75) is 19.0 Å². The molecule has 1 atom stereocenters. The van der Waals surface area contributed by atoms with Crippen LogP contribution in [0.25, 0.3) is 10.9 Å². The van der Waals surface area contributed by atoms with E-state index in [0.717, 1.165) is 19.5 Å². The predicted octanol–water partition coefficient (Wildman–Crippen LogP) is 4.11. The SMILES string of the molecule is c1cncc(CN2CCc3c([nH]c4ccccc34)C2c2cccnc2)c1. The van der Waals surface area contributed by atoms with Gasteiger partial charge in [0, 0.05) is 54.5 Å². The highest BCUT2D eigenvalue weighted by Gasteiger charge is 2.31. The second-order valence-corrected chi connectivity index (χ2v) is 6.83. The first-order valence-electron chi connectivity index (χ1n) is 9.02. The van der Waals surface area contributed by atoms with Crippen molar-refractivity contribution in [3.63, 3.8) is 0 Å². The minimum Gasteiger partial charge on any atom is -0.357 e. The molecule has 0 saturated carbocycles. The number of aromatic nitrogens is 3. The number of rotatable bonds is 3. The summed E-state index contributed by atoms with van der Waals surface area (Å²) in [5.41, 5.74) is 6.42. The van der Waals surface area contributed by atoms with E-state index in [0.29, 0.717) is 0 Å². The molecule has 1 aliphatic rings. The number of fused-ring (bicyclic) bond motifs is 3. The molecule has 0 amide bonds. The molecule has 4 nitrogen and oxygen atoms in total. The zero-order valence-electron chi connectivity index (χ0n) is 14.5. The van der Waals surface area contributed by atoms with Gasteiger partial charge < -0.3 is 4.98 Å². The molecule has 0 aliphatic carbocycles. The molecule has 1 aliphatic heterocycles. The van der Waals surface area contributed by atoms with E-state index in [2.05, 4.69) is 56.3 Å². The molecule has 3 aromatic heterocycles. The Labute approximate surface area is 152 Å². The Bertz CT molecular complexity index is 1020. The molecule has 4 heterocycles. The van der Waals surface area contributed by atoms with Crippen molar-refractivity contribution < 1.29 is 0 Å². The third kappa shape index (κ3) is 2.59. The Hall–Kier alpha value is -2.98. The maximum atomic E-state index is 4.38. The quantitative estimate of drug-likeness (QED) is 0.610. The first-order chi connectivity index (χ1) is 12.9. The maximum absolute atomic E-state index is 4.38. The second-order valence-electron chi connectivity index (χ2n) is 6.83. The van der Waals surface area contributed by atoms with Gasteiger partial charge in [0.15, 0.2) is 0 Å². The lowest BCUT2D eigenvalue weighted by Gasteiger charge is -2.36. The van der Waals surface area contributed by atoms with Gasteiger partial charge in [0.25, 0.3) is 0 Å². The lowest BCUT2D eigenvalue weighted by molar-refractivity contribution is 0.201. The summed E-state index contributed by atoms with van der Waals surface area (Å²) in [6.07, 6.45) is 8.66. The topological polar surface area (TPSA) is 44.8 Å². The third-order valence-electron chi connectivity index (χ3n) is 5.24. The summed E-state index contributed by atoms with van der Waals surface area (Å²) in [5, 5.41) is 1.34. The summed E-state index contributed by atoms with van der Waals surface area (Å²) in [7, 11) is 0. The Morgan fingerprint density at radius 3 is 2.62 bits per heavy atom. The molecule has 0 fully saturated rings. The molecule has 1 N–H and O–H groups in total. The largest absolute Gasteiger partial charge is 0.357 e. The van der Waals surface area contributed by atoms with Gasteiger partial charge in [-0.3, -0.25) is 14.9 Å². The lowest BCUT2D eigenvalue weighted by atomic mass is 9.93. The average molecular weight is 340 g/mol. The number of benzene rings is 1. The number of H-pyrrole nitrogens is 1. The molecule has 0 bridgehead atoms. The van der Waals surface area contributed by atoms with E-state index in [1.807, 2.05) is 36.9 Å². The zero-order valence-corrected chi connectivity index (χ0v) is 14.5. The number of nitrogens with one attached hydrogen (secondary N) is 1. The van der Waals surface area contributed by atoms with Gasteiger partial charge in [-0.1, -0.05) is 30.3 Å². The molecule has 0 radical (unpaired) electrons. The van der Waals surface area contributed by atoms with Gasteiger partial charge in [-0.15, -0.1) is 0 Å². The summed E-state index contributed by atoms with van der Waals surface area (Å²) in [5.74, 6) is 0. The molecule has 4 heteroatoms. The fourth-order valence-electron chi connectivity index (χ4n) is 4.10. The van der Waals surface area contributed by atoms with Crippen LogP contribution in [-0.2, 0) is 13.0 Å². The molecule has 128 valence electrons. The van der Waals surface area contributed by atoms with Crippen molar-refractivity contribution in [1.82, 2.24) is 19.9 Å². The zero-order chi connectivity index (χ0) is 17.3. The first-order valence-corrected chi connectivity index (χ1v) is 9.02. The second kappa shape index (κ2) is 6.39. The van der Waals surface area contributed by atoms with Crippen molar-refractivity contribution in [1.29, 1.82) is 0 Å². The standard InChI is InChI=1S/C22H20N4/c1-2-8-20-18(7-1)19-9-12-26(15-16-5-3-10-23-13-16)22(21(19)25-20)17-6-4-11-24-14-17/h1-8,10-11,13-14,22,25H,9,12,15H2. The van der Waals surface area contributed by atoms with Gasteiger partial charge >= 0.3 is 0 Å². The molecule has 5 rings (SSSR count). The van der Waals surface area contributed by atoms with Crippen LogP contribution in [0.3, 0.4) is 0 Å². The maximum Gasteiger partial charge on any atom is 0.0775 e. The minimum atomic E-state index is 0.181. The molecule has 4 aromatic rings. The number of hydrogen-bond donors (Lipinski definition) is 1. The van der Waals surface area contributed by atoms with E-state index in [-0.39, 0.29) is 6.04 Å². The van der Waals surface area contributed by atoms with Gasteiger partial charge in [0.1, 0.15) is 0 Å². The highest BCUT2D eigenvalue weighted by atomic mass is 15.2. The summed E-state index contributed by atoms with van der Waals surface area (Å²) < 4.78 is 0. The smallest absolute Gasteiger partial charge is 0.0775 e. The minimum absolute atomic E-state index is 0.181. The Morgan fingerprint density at radius 1 is 0.962 bits per heavy atom. The van der Waals surface area contributed by atoms with Gasteiger partial charge in [-0.25, -0.2) is 0 Å². The average Bonchev–Trinajstić information content (AvgIpc) is 3.08. The molecular weight excluding hydrogens is 320 g/mol. The van der Waals surface area contributed by atoms with Crippen molar-refractivity contribution >= 4 is 10.9 Å². The Morgan fingerprint density at radius 2 is 1.81 bits per heavy atom. The fourth-order valence-corrected chi connectivity index (χ4v) is 4.10. The van der Waals surface area contributed by atoms with Crippen LogP contribution < -0.4 is 0 Å². The van der Waals surface area contributed by atoms with Crippen LogP contribution in [-0.4, -0.2) is 26.4 Å². The number of nitrogens with zero attached hydrogens (tertiary/aromatic N) is 3. The predicted molar refractivity (Wildman–Crippen MR) is 103 cm³/mol. The molecule has 26 heavy (non-hydrogen) atoms. The van der Waals surface area contributed by atoms with Crippen LogP contribution in [0.2, 0.25) is 0 Å². The van der Waals surface area contributed by atoms with Crippen LogP contribution >= 0.6 is 0 Å². The number of hydrogen-bond acceptors (Lipinski definition) is 3. The number of pyridine rings is 2. The highest BCUT2D eigenvalue weighted by Crippen LogP contribution is 2.38. The van der Waals surface area contributed by atoms with E-state index >= 15 is 0 Å². The lowest BCUT2D eigenvalue weighted by Crippen LogP contribution is -2.35. The van der Waals surface area contributed by atoms with Gasteiger partial charge in [-0.2, -0.15) is 0 Å². The van der Waals surface area contributed by atoms with Crippen LogP contribution in [0.4, 0.5) is 0 Å². The molecule has 1 aromatic carbocycles. The summed E-state index contributed by atoms with van der Waals surface area (Å²) in [4.78, 5) is 14.9. The van der Waals surface area contributed by atoms with E-state index in [1.54, 1.807) is 0 Å². The summed E-state index contributed by atoms with van der Waals surface area (Å²) >= 11 is 0. The summed E-state index contributed by atoms with van der Waals surface area (Å²) in [6, 6.07) is 17.1. The number of aromatic amines is 1. The van der Waals surface area contributed by atoms with E-state index in [4.69, 9.17) is 0 Å². The Kier molecular flexibility index (Phi) is 3.76. The van der Waals surface area contributed by atoms with Crippen LogP contribution in [0.1, 0.15) is 28.4 Å². The Balaban J connectivity index is 1.62. The number of para-hydroxylation sites is 1. The van der Waals surface area contributed by atoms with Gasteiger partial charge in [0.05, 0.1) is 6.04 Å². The van der Waals surface area contributed by atoms with Crippen LogP contribution in [0, 0.1) is 0 Å². The molecule has 0 saturated heterocycles. The van der Waals surface area contributed by atoms with Crippen LogP contribution in [0.15, 0.2) is 73.3 Å². The molecule has 1 unspecified atom stereocenters. The third-order valence-corrected chi connectivity index (χ3v) is 5.24. The van der Waals surface area contributed by atoms with Gasteiger partial charge in [0.2, 0.25) is 0 Å². The highest BCUT2D eigenvalue weighted by molar-refractivity contribution is 5.85. The fraction of sp³-hybridized carbons (Fsp3) is 0.182. The normalized spacial score (nSPS) is 17.3. The van der Waals surface area contributed by atoms with Crippen molar-refractivity contribution in [2.24, 2.45) is 0 Å². The van der Waals surface area contributed by atoms with Crippen molar-refractivity contribution in [3.8, 4) is 0 Å². The molecular formula is C22H20N4. The first kappa shape index (κ1) is 15.3. The van der Waals surface area contributed by atoms with Gasteiger partial charge in [-0.05, 0) is 41.3 Å². The van der Waals surface area contributed by atoms with E-state index in [1.165, 1.54) is 33.3 Å². The van der Waals surface area contributed by atoms with Crippen LogP contribution in [0.5, 0.6) is 0 Å². The van der Waals surface area contributed by atoms with E-state index in [9.17, 15) is 0 Å². The monoisotopic (exact) mass is 340 g/mol. The molecule has 0 spiro atoms. The van der Waals surface area contributed by atoms with Crippen molar-refractivity contribution in [3.05, 3.63) is 95.7 Å². The summed E-state index contributed by atoms with van der Waals surface area (Å²) in [6.45, 7) is 1.89.